The van der Waals surface area contributed by atoms with Crippen LogP contribution in [0.4, 0.5) is 5.82 Å². The zero-order valence-corrected chi connectivity index (χ0v) is 8.90. The lowest BCUT2D eigenvalue weighted by atomic mass is 10.1. The Morgan fingerprint density at radius 2 is 2.38 bits per heavy atom. The molecule has 6 nitrogen and oxygen atoms in total. The summed E-state index contributed by atoms with van der Waals surface area (Å²) in [4.78, 5) is 15.5. The summed E-state index contributed by atoms with van der Waals surface area (Å²) in [5.41, 5.74) is 1.59. The second-order valence-corrected chi connectivity index (χ2v) is 4.06. The number of fused-ring (bicyclic) bond motifs is 1. The molecule has 0 saturated carbocycles. The zero-order valence-electron chi connectivity index (χ0n) is 8.90. The molecule has 1 aliphatic heterocycles. The first-order chi connectivity index (χ1) is 7.93. The maximum absolute atomic E-state index is 4.23. The predicted octanol–water partition coefficient (Wildman–Crippen LogP) is 0.374. The van der Waals surface area contributed by atoms with Crippen molar-refractivity contribution in [2.45, 2.75) is 6.42 Å². The third-order valence-electron chi connectivity index (χ3n) is 2.94. The topological polar surface area (TPSA) is 78.5 Å². The number of anilines is 1. The Bertz CT molecular complexity index is 473. The largest absolute Gasteiger partial charge is 0.368 e. The molecule has 0 bridgehead atoms. The van der Waals surface area contributed by atoms with E-state index in [2.05, 4.69) is 30.6 Å². The quantitative estimate of drug-likeness (QED) is 0.694. The van der Waals surface area contributed by atoms with Crippen molar-refractivity contribution in [1.29, 1.82) is 0 Å². The number of aromatic amines is 1. The highest BCUT2D eigenvalue weighted by molar-refractivity contribution is 5.81. The summed E-state index contributed by atoms with van der Waals surface area (Å²) < 4.78 is 0. The normalized spacial score (nSPS) is 20.4. The summed E-state index contributed by atoms with van der Waals surface area (Å²) in [5.74, 6) is 1.53. The maximum atomic E-state index is 4.23. The van der Waals surface area contributed by atoms with E-state index < -0.39 is 0 Å². The molecule has 1 unspecified atom stereocenters. The number of nitrogens with one attached hydrogen (secondary N) is 3. The van der Waals surface area contributed by atoms with Gasteiger partial charge in [-0.3, -0.25) is 0 Å². The Morgan fingerprint density at radius 3 is 3.25 bits per heavy atom. The molecule has 3 rings (SSSR count). The van der Waals surface area contributed by atoms with Crippen molar-refractivity contribution in [3.05, 3.63) is 12.7 Å². The van der Waals surface area contributed by atoms with Crippen molar-refractivity contribution < 1.29 is 0 Å². The molecule has 0 amide bonds. The molecule has 1 atom stereocenters. The van der Waals surface area contributed by atoms with Crippen LogP contribution in [-0.2, 0) is 0 Å². The Labute approximate surface area is 92.9 Å². The number of nitrogens with zero attached hydrogens (tertiary/aromatic N) is 3. The average Bonchev–Trinajstić information content (AvgIpc) is 2.97. The molecule has 3 N–H and O–H groups in total. The van der Waals surface area contributed by atoms with Crippen LogP contribution in [0.3, 0.4) is 0 Å². The van der Waals surface area contributed by atoms with E-state index in [1.807, 2.05) is 0 Å². The van der Waals surface area contributed by atoms with Crippen LogP contribution in [0.25, 0.3) is 11.2 Å². The molecule has 0 spiro atoms. The smallest absolute Gasteiger partial charge is 0.182 e. The van der Waals surface area contributed by atoms with Gasteiger partial charge in [0, 0.05) is 6.54 Å². The van der Waals surface area contributed by atoms with Gasteiger partial charge in [0.25, 0.3) is 0 Å². The van der Waals surface area contributed by atoms with Gasteiger partial charge in [-0.25, -0.2) is 15.0 Å². The third-order valence-corrected chi connectivity index (χ3v) is 2.94. The monoisotopic (exact) mass is 218 g/mol. The molecular weight excluding hydrogens is 204 g/mol. The van der Waals surface area contributed by atoms with E-state index in [0.717, 1.165) is 31.0 Å². The highest BCUT2D eigenvalue weighted by Crippen LogP contribution is 2.16. The number of hydrogen-bond donors (Lipinski definition) is 3. The molecule has 2 aromatic heterocycles. The predicted molar refractivity (Wildman–Crippen MR) is 61.2 cm³/mol. The molecule has 16 heavy (non-hydrogen) atoms. The molecule has 84 valence electrons. The third kappa shape index (κ3) is 1.71. The van der Waals surface area contributed by atoms with Gasteiger partial charge in [0.1, 0.15) is 11.8 Å². The van der Waals surface area contributed by atoms with Gasteiger partial charge in [0.05, 0.1) is 6.33 Å². The molecule has 2 aromatic rings. The summed E-state index contributed by atoms with van der Waals surface area (Å²) in [6.07, 6.45) is 4.41. The molecule has 6 heteroatoms. The number of imidazole rings is 1. The number of aromatic nitrogens is 4. The van der Waals surface area contributed by atoms with Gasteiger partial charge in [-0.05, 0) is 25.4 Å². The van der Waals surface area contributed by atoms with Crippen molar-refractivity contribution in [3.8, 4) is 0 Å². The van der Waals surface area contributed by atoms with Crippen LogP contribution in [0.5, 0.6) is 0 Å². The molecule has 0 radical (unpaired) electrons. The summed E-state index contributed by atoms with van der Waals surface area (Å²) in [7, 11) is 0. The minimum absolute atomic E-state index is 0.688. The first-order valence-corrected chi connectivity index (χ1v) is 5.52. The lowest BCUT2D eigenvalue weighted by molar-refractivity contribution is 0.614. The summed E-state index contributed by atoms with van der Waals surface area (Å²) in [6, 6.07) is 0. The van der Waals surface area contributed by atoms with E-state index in [-0.39, 0.29) is 0 Å². The summed E-state index contributed by atoms with van der Waals surface area (Å²) in [5, 5.41) is 6.70. The molecule has 1 fully saturated rings. The molecule has 1 saturated heterocycles. The fraction of sp³-hybridized carbons (Fsp3) is 0.500. The highest BCUT2D eigenvalue weighted by Gasteiger charge is 2.14. The van der Waals surface area contributed by atoms with Gasteiger partial charge in [-0.2, -0.15) is 0 Å². The summed E-state index contributed by atoms with van der Waals surface area (Å²) in [6.45, 7) is 3.15. The number of hydrogen-bond acceptors (Lipinski definition) is 5. The van der Waals surface area contributed by atoms with Crippen molar-refractivity contribution in [1.82, 2.24) is 25.3 Å². The van der Waals surface area contributed by atoms with Crippen LogP contribution in [0.1, 0.15) is 6.42 Å². The zero-order chi connectivity index (χ0) is 10.8. The van der Waals surface area contributed by atoms with Gasteiger partial charge in [0.15, 0.2) is 11.5 Å². The van der Waals surface area contributed by atoms with Crippen LogP contribution in [0, 0.1) is 5.92 Å². The molecular formula is C10H14N6. The lowest BCUT2D eigenvalue weighted by Crippen LogP contribution is -2.17. The second-order valence-electron chi connectivity index (χ2n) is 4.06. The first kappa shape index (κ1) is 9.53. The first-order valence-electron chi connectivity index (χ1n) is 5.52. The Hall–Kier alpha value is -1.69. The van der Waals surface area contributed by atoms with Gasteiger partial charge in [-0.1, -0.05) is 0 Å². The summed E-state index contributed by atoms with van der Waals surface area (Å²) >= 11 is 0. The molecule has 0 aliphatic carbocycles. The van der Waals surface area contributed by atoms with E-state index in [1.54, 1.807) is 12.7 Å². The van der Waals surface area contributed by atoms with E-state index in [0.29, 0.717) is 11.6 Å². The maximum Gasteiger partial charge on any atom is 0.182 e. The van der Waals surface area contributed by atoms with Crippen molar-refractivity contribution in [2.75, 3.05) is 25.0 Å². The van der Waals surface area contributed by atoms with Crippen LogP contribution in [0.2, 0.25) is 0 Å². The molecule has 3 heterocycles. The number of rotatable bonds is 3. The van der Waals surface area contributed by atoms with Gasteiger partial charge in [0.2, 0.25) is 0 Å². The van der Waals surface area contributed by atoms with E-state index in [9.17, 15) is 0 Å². The Morgan fingerprint density at radius 1 is 1.38 bits per heavy atom. The van der Waals surface area contributed by atoms with Crippen molar-refractivity contribution in [3.63, 3.8) is 0 Å². The second kappa shape index (κ2) is 4.05. The Balaban J connectivity index is 1.75. The number of H-pyrrole nitrogens is 1. The van der Waals surface area contributed by atoms with E-state index in [1.165, 1.54) is 6.42 Å². The van der Waals surface area contributed by atoms with Crippen molar-refractivity contribution in [2.24, 2.45) is 5.92 Å². The van der Waals surface area contributed by atoms with Gasteiger partial charge >= 0.3 is 0 Å². The Kier molecular flexibility index (Phi) is 2.41. The van der Waals surface area contributed by atoms with Crippen LogP contribution in [-0.4, -0.2) is 39.6 Å². The standard InChI is InChI=1S/C10H14N6/c1-2-11-3-7(1)4-12-9-8-10(14-5-13-8)16-6-15-9/h5-7,11H,1-4H2,(H2,12,13,14,15,16). The SMILES string of the molecule is c1nc(NCC2CCNC2)c2[nH]cnc2n1. The van der Waals surface area contributed by atoms with Crippen LogP contribution < -0.4 is 10.6 Å². The van der Waals surface area contributed by atoms with Crippen molar-refractivity contribution >= 4 is 17.0 Å². The van der Waals surface area contributed by atoms with Crippen LogP contribution >= 0.6 is 0 Å². The van der Waals surface area contributed by atoms with Gasteiger partial charge < -0.3 is 15.6 Å². The van der Waals surface area contributed by atoms with Gasteiger partial charge in [-0.15, -0.1) is 0 Å². The highest BCUT2D eigenvalue weighted by atomic mass is 15.1. The fourth-order valence-electron chi connectivity index (χ4n) is 2.03. The minimum atomic E-state index is 0.688. The average molecular weight is 218 g/mol. The van der Waals surface area contributed by atoms with E-state index in [4.69, 9.17) is 0 Å². The minimum Gasteiger partial charge on any atom is -0.368 e. The molecule has 0 aromatic carbocycles. The fourth-order valence-corrected chi connectivity index (χ4v) is 2.03. The molecule has 1 aliphatic rings. The lowest BCUT2D eigenvalue weighted by Gasteiger charge is -2.10. The van der Waals surface area contributed by atoms with Crippen LogP contribution in [0.15, 0.2) is 12.7 Å². The van der Waals surface area contributed by atoms with E-state index >= 15 is 0 Å².